The summed E-state index contributed by atoms with van der Waals surface area (Å²) in [6, 6.07) is 0. The van der Waals surface area contributed by atoms with Crippen molar-refractivity contribution in [3.8, 4) is 0 Å². The number of thiazole rings is 1. The second-order valence-electron chi connectivity index (χ2n) is 3.56. The van der Waals surface area contributed by atoms with Crippen LogP contribution < -0.4 is 4.90 Å². The molecule has 2 heterocycles. The standard InChI is InChI=1S/C10H14N2OS/c13-8-9-7-11-10(14-9)12-5-3-1-2-4-6-12/h7-8H,1-6H2. The molecule has 14 heavy (non-hydrogen) atoms. The predicted molar refractivity (Wildman–Crippen MR) is 58.2 cm³/mol. The molecule has 0 saturated carbocycles. The fourth-order valence-corrected chi connectivity index (χ4v) is 2.52. The molecular weight excluding hydrogens is 196 g/mol. The van der Waals surface area contributed by atoms with Crippen LogP contribution in [0.4, 0.5) is 5.13 Å². The minimum Gasteiger partial charge on any atom is -0.348 e. The van der Waals surface area contributed by atoms with Crippen LogP contribution >= 0.6 is 11.3 Å². The first-order chi connectivity index (χ1) is 6.90. The van der Waals surface area contributed by atoms with E-state index in [-0.39, 0.29) is 0 Å². The average molecular weight is 210 g/mol. The van der Waals surface area contributed by atoms with E-state index in [2.05, 4.69) is 9.88 Å². The summed E-state index contributed by atoms with van der Waals surface area (Å²) in [5.74, 6) is 0. The molecule has 4 heteroatoms. The maximum atomic E-state index is 10.5. The predicted octanol–water partition coefficient (Wildman–Crippen LogP) is 2.34. The van der Waals surface area contributed by atoms with Crippen molar-refractivity contribution < 1.29 is 4.79 Å². The molecule has 0 amide bonds. The molecule has 0 spiro atoms. The van der Waals surface area contributed by atoms with E-state index >= 15 is 0 Å². The number of nitrogens with zero attached hydrogens (tertiary/aromatic N) is 2. The Morgan fingerprint density at radius 2 is 2.00 bits per heavy atom. The summed E-state index contributed by atoms with van der Waals surface area (Å²) < 4.78 is 0. The third-order valence-corrected chi connectivity index (χ3v) is 3.49. The van der Waals surface area contributed by atoms with E-state index in [0.29, 0.717) is 0 Å². The number of hydrogen-bond donors (Lipinski definition) is 0. The molecule has 1 saturated heterocycles. The van der Waals surface area contributed by atoms with E-state index in [1.807, 2.05) is 0 Å². The Balaban J connectivity index is 2.08. The second kappa shape index (κ2) is 4.55. The molecule has 76 valence electrons. The zero-order valence-corrected chi connectivity index (χ0v) is 8.92. The molecule has 0 aliphatic carbocycles. The zero-order valence-electron chi connectivity index (χ0n) is 8.11. The van der Waals surface area contributed by atoms with Crippen molar-refractivity contribution in [2.24, 2.45) is 0 Å². The monoisotopic (exact) mass is 210 g/mol. The number of carbonyl (C=O) groups is 1. The summed E-state index contributed by atoms with van der Waals surface area (Å²) >= 11 is 1.50. The number of aldehydes is 1. The Morgan fingerprint density at radius 3 is 2.57 bits per heavy atom. The van der Waals surface area contributed by atoms with Crippen LogP contribution in [-0.2, 0) is 0 Å². The van der Waals surface area contributed by atoms with Crippen molar-refractivity contribution in [2.75, 3.05) is 18.0 Å². The molecule has 0 N–H and O–H groups in total. The van der Waals surface area contributed by atoms with Gasteiger partial charge >= 0.3 is 0 Å². The van der Waals surface area contributed by atoms with Crippen LogP contribution in [0.2, 0.25) is 0 Å². The van der Waals surface area contributed by atoms with E-state index in [4.69, 9.17) is 0 Å². The molecule has 0 atom stereocenters. The van der Waals surface area contributed by atoms with Crippen LogP contribution in [0.3, 0.4) is 0 Å². The smallest absolute Gasteiger partial charge is 0.185 e. The highest BCUT2D eigenvalue weighted by Crippen LogP contribution is 2.23. The molecule has 0 radical (unpaired) electrons. The first kappa shape index (κ1) is 9.65. The fourth-order valence-electron chi connectivity index (χ4n) is 1.74. The van der Waals surface area contributed by atoms with Crippen LogP contribution in [0.1, 0.15) is 35.4 Å². The lowest BCUT2D eigenvalue weighted by atomic mass is 10.2. The Bertz CT molecular complexity index is 303. The van der Waals surface area contributed by atoms with Crippen LogP contribution in [0.15, 0.2) is 6.20 Å². The van der Waals surface area contributed by atoms with Crippen molar-refractivity contribution in [3.05, 3.63) is 11.1 Å². The molecule has 0 aromatic carbocycles. The van der Waals surface area contributed by atoms with E-state index < -0.39 is 0 Å². The van der Waals surface area contributed by atoms with Gasteiger partial charge in [0.25, 0.3) is 0 Å². The Kier molecular flexibility index (Phi) is 3.14. The third kappa shape index (κ3) is 2.12. The number of hydrogen-bond acceptors (Lipinski definition) is 4. The van der Waals surface area contributed by atoms with Crippen molar-refractivity contribution in [3.63, 3.8) is 0 Å². The number of carbonyl (C=O) groups excluding carboxylic acids is 1. The lowest BCUT2D eigenvalue weighted by Gasteiger charge is -2.18. The van der Waals surface area contributed by atoms with Crippen molar-refractivity contribution >= 4 is 22.8 Å². The fraction of sp³-hybridized carbons (Fsp3) is 0.600. The summed E-state index contributed by atoms with van der Waals surface area (Å²) in [6.45, 7) is 2.18. The number of anilines is 1. The van der Waals surface area contributed by atoms with Crippen LogP contribution in [0, 0.1) is 0 Å². The van der Waals surface area contributed by atoms with Gasteiger partial charge in [-0.15, -0.1) is 0 Å². The van der Waals surface area contributed by atoms with Crippen molar-refractivity contribution in [1.29, 1.82) is 0 Å². The maximum Gasteiger partial charge on any atom is 0.185 e. The van der Waals surface area contributed by atoms with Gasteiger partial charge in [-0.3, -0.25) is 4.79 Å². The van der Waals surface area contributed by atoms with E-state index in [1.165, 1.54) is 37.0 Å². The van der Waals surface area contributed by atoms with Gasteiger partial charge in [0, 0.05) is 13.1 Å². The van der Waals surface area contributed by atoms with E-state index in [0.717, 1.165) is 29.4 Å². The van der Waals surface area contributed by atoms with Gasteiger partial charge < -0.3 is 4.90 Å². The highest BCUT2D eigenvalue weighted by Gasteiger charge is 2.12. The van der Waals surface area contributed by atoms with Gasteiger partial charge in [-0.05, 0) is 12.8 Å². The SMILES string of the molecule is O=Cc1cnc(N2CCCCCC2)s1. The minimum absolute atomic E-state index is 0.726. The molecule has 0 unspecified atom stereocenters. The van der Waals surface area contributed by atoms with E-state index in [1.54, 1.807) is 6.20 Å². The van der Waals surface area contributed by atoms with Gasteiger partial charge in [-0.2, -0.15) is 0 Å². The van der Waals surface area contributed by atoms with Gasteiger partial charge in [0.1, 0.15) is 0 Å². The summed E-state index contributed by atoms with van der Waals surface area (Å²) in [5, 5.41) is 1.01. The number of rotatable bonds is 2. The second-order valence-corrected chi connectivity index (χ2v) is 4.60. The molecule has 3 nitrogen and oxygen atoms in total. The normalized spacial score (nSPS) is 17.9. The van der Waals surface area contributed by atoms with Crippen molar-refractivity contribution in [2.45, 2.75) is 25.7 Å². The number of aromatic nitrogens is 1. The quantitative estimate of drug-likeness (QED) is 0.702. The van der Waals surface area contributed by atoms with Gasteiger partial charge in [-0.1, -0.05) is 24.2 Å². The van der Waals surface area contributed by atoms with Gasteiger partial charge in [0.2, 0.25) is 0 Å². The Hall–Kier alpha value is -0.900. The van der Waals surface area contributed by atoms with Crippen LogP contribution in [0.5, 0.6) is 0 Å². The molecule has 1 fully saturated rings. The average Bonchev–Trinajstić information content (AvgIpc) is 2.53. The highest BCUT2D eigenvalue weighted by molar-refractivity contribution is 7.17. The van der Waals surface area contributed by atoms with Gasteiger partial charge in [-0.25, -0.2) is 4.98 Å². The first-order valence-corrected chi connectivity index (χ1v) is 5.88. The van der Waals surface area contributed by atoms with Gasteiger partial charge in [0.15, 0.2) is 11.4 Å². The minimum atomic E-state index is 0.726. The van der Waals surface area contributed by atoms with Crippen molar-refractivity contribution in [1.82, 2.24) is 4.98 Å². The molecule has 1 aromatic rings. The molecule has 1 aromatic heterocycles. The van der Waals surface area contributed by atoms with Crippen LogP contribution in [0.25, 0.3) is 0 Å². The molecular formula is C10H14N2OS. The van der Waals surface area contributed by atoms with Gasteiger partial charge in [0.05, 0.1) is 11.1 Å². The molecule has 0 bridgehead atoms. The summed E-state index contributed by atoms with van der Waals surface area (Å²) in [7, 11) is 0. The lowest BCUT2D eigenvalue weighted by Crippen LogP contribution is -2.23. The zero-order chi connectivity index (χ0) is 9.80. The Labute approximate surface area is 87.8 Å². The summed E-state index contributed by atoms with van der Waals surface area (Å²) in [5.41, 5.74) is 0. The lowest BCUT2D eigenvalue weighted by molar-refractivity contribution is 0.112. The van der Waals surface area contributed by atoms with E-state index in [9.17, 15) is 4.79 Å². The highest BCUT2D eigenvalue weighted by atomic mass is 32.1. The maximum absolute atomic E-state index is 10.5. The Morgan fingerprint density at radius 1 is 1.29 bits per heavy atom. The molecule has 2 rings (SSSR count). The molecule has 1 aliphatic rings. The summed E-state index contributed by atoms with van der Waals surface area (Å²) in [6.07, 6.45) is 7.67. The third-order valence-electron chi connectivity index (χ3n) is 2.50. The largest absolute Gasteiger partial charge is 0.348 e. The first-order valence-electron chi connectivity index (χ1n) is 5.06. The summed E-state index contributed by atoms with van der Waals surface area (Å²) in [4.78, 5) is 17.8. The molecule has 1 aliphatic heterocycles. The topological polar surface area (TPSA) is 33.2 Å². The van der Waals surface area contributed by atoms with Crippen LogP contribution in [-0.4, -0.2) is 24.4 Å².